The molecule has 0 aromatic carbocycles. The normalized spacial score (nSPS) is 22.5. The molecule has 26 heavy (non-hydrogen) atoms. The highest BCUT2D eigenvalue weighted by atomic mass is 16.3. The van der Waals surface area contributed by atoms with Gasteiger partial charge in [-0.05, 0) is 30.9 Å². The number of hydrogen-bond donors (Lipinski definition) is 1. The van der Waals surface area contributed by atoms with Gasteiger partial charge < -0.3 is 14.9 Å². The molecule has 1 N–H and O–H groups in total. The Kier molecular flexibility index (Phi) is 3.90. The number of pyridine rings is 1. The van der Waals surface area contributed by atoms with E-state index in [0.29, 0.717) is 19.6 Å². The predicted molar refractivity (Wildman–Crippen MR) is 92.9 cm³/mol. The molecule has 3 fully saturated rings. The van der Waals surface area contributed by atoms with Gasteiger partial charge in [-0.2, -0.15) is 0 Å². The van der Waals surface area contributed by atoms with Gasteiger partial charge in [-0.25, -0.2) is 4.98 Å². The van der Waals surface area contributed by atoms with Crippen LogP contribution in [0.15, 0.2) is 29.3 Å². The topological polar surface area (TPSA) is 95.2 Å². The van der Waals surface area contributed by atoms with Gasteiger partial charge in [0.2, 0.25) is 5.91 Å². The molecular weight excluding hydrogens is 336 g/mol. The van der Waals surface area contributed by atoms with Crippen LogP contribution < -0.4 is 5.56 Å². The van der Waals surface area contributed by atoms with E-state index in [1.807, 2.05) is 0 Å². The number of piperidine rings is 1. The molecule has 5 heterocycles. The Balaban J connectivity index is 1.70. The molecule has 136 valence electrons. The molecule has 2 atom stereocenters. The van der Waals surface area contributed by atoms with Crippen LogP contribution >= 0.6 is 0 Å². The van der Waals surface area contributed by atoms with Crippen LogP contribution in [-0.4, -0.2) is 61.8 Å². The molecule has 2 amide bonds. The summed E-state index contributed by atoms with van der Waals surface area (Å²) < 4.78 is 1.18. The minimum atomic E-state index is -0.501. The zero-order chi connectivity index (χ0) is 18.4. The van der Waals surface area contributed by atoms with Gasteiger partial charge in [0.1, 0.15) is 5.56 Å². The van der Waals surface area contributed by atoms with Crippen molar-refractivity contribution >= 4 is 17.5 Å². The van der Waals surface area contributed by atoms with Gasteiger partial charge in [-0.15, -0.1) is 0 Å². The second kappa shape index (κ2) is 6.12. The van der Waals surface area contributed by atoms with Crippen LogP contribution in [0.25, 0.3) is 5.65 Å². The summed E-state index contributed by atoms with van der Waals surface area (Å²) in [6.07, 6.45) is 4.51. The van der Waals surface area contributed by atoms with Gasteiger partial charge in [0.15, 0.2) is 11.4 Å². The highest BCUT2D eigenvalue weighted by molar-refractivity contribution is 5.94. The number of rotatable bonds is 1. The van der Waals surface area contributed by atoms with Gasteiger partial charge in [-0.1, -0.05) is 0 Å². The summed E-state index contributed by atoms with van der Waals surface area (Å²) in [6, 6.07) is 2.88. The van der Waals surface area contributed by atoms with Crippen LogP contribution in [0.3, 0.4) is 0 Å². The van der Waals surface area contributed by atoms with Crippen LogP contribution in [0.2, 0.25) is 0 Å². The summed E-state index contributed by atoms with van der Waals surface area (Å²) in [7, 11) is 0. The lowest BCUT2D eigenvalue weighted by atomic mass is 9.94. The molecule has 0 spiro atoms. The lowest BCUT2D eigenvalue weighted by molar-refractivity contribution is -0.129. The minimum Gasteiger partial charge on any atom is -0.504 e. The predicted octanol–water partition coefficient (Wildman–Crippen LogP) is 0.483. The van der Waals surface area contributed by atoms with Gasteiger partial charge >= 0.3 is 0 Å². The van der Waals surface area contributed by atoms with E-state index in [1.54, 1.807) is 16.7 Å². The molecule has 3 saturated heterocycles. The monoisotopic (exact) mass is 356 g/mol. The smallest absolute Gasteiger partial charge is 0.270 e. The number of aromatic nitrogens is 2. The summed E-state index contributed by atoms with van der Waals surface area (Å²) in [5, 5.41) is 9.82. The number of fused-ring (bicyclic) bond motifs is 5. The highest BCUT2D eigenvalue weighted by Crippen LogP contribution is 2.29. The third kappa shape index (κ3) is 2.61. The second-order valence-corrected chi connectivity index (χ2v) is 7.04. The number of aromatic hydroxyl groups is 1. The van der Waals surface area contributed by atoms with Crippen molar-refractivity contribution in [3.63, 3.8) is 0 Å². The molecule has 2 bridgehead atoms. The van der Waals surface area contributed by atoms with E-state index in [0.717, 1.165) is 12.8 Å². The van der Waals surface area contributed by atoms with Crippen molar-refractivity contribution in [2.24, 2.45) is 5.92 Å². The van der Waals surface area contributed by atoms with Gasteiger partial charge in [0.25, 0.3) is 11.5 Å². The molecule has 0 unspecified atom stereocenters. The quantitative estimate of drug-likeness (QED) is 0.802. The first-order valence-electron chi connectivity index (χ1n) is 8.71. The minimum absolute atomic E-state index is 0.0131. The first-order valence-corrected chi connectivity index (χ1v) is 8.71. The molecular formula is C18H20N4O4. The van der Waals surface area contributed by atoms with E-state index in [-0.39, 0.29) is 40.7 Å². The van der Waals surface area contributed by atoms with E-state index in [2.05, 4.69) is 4.98 Å². The maximum Gasteiger partial charge on any atom is 0.270 e. The van der Waals surface area contributed by atoms with Crippen molar-refractivity contribution in [2.45, 2.75) is 25.8 Å². The molecule has 3 aliphatic rings. The fourth-order valence-electron chi connectivity index (χ4n) is 3.98. The molecule has 5 rings (SSSR count). The van der Waals surface area contributed by atoms with Crippen LogP contribution in [0.1, 0.15) is 30.1 Å². The zero-order valence-corrected chi connectivity index (χ0v) is 14.5. The number of carbonyl (C=O) groups excluding carboxylic acids is 2. The maximum atomic E-state index is 13.1. The molecule has 0 radical (unpaired) electrons. The van der Waals surface area contributed by atoms with Crippen LogP contribution in [-0.2, 0) is 4.79 Å². The van der Waals surface area contributed by atoms with Crippen LogP contribution in [0.4, 0.5) is 0 Å². The van der Waals surface area contributed by atoms with Gasteiger partial charge in [0.05, 0.1) is 0 Å². The Morgan fingerprint density at radius 3 is 2.81 bits per heavy atom. The van der Waals surface area contributed by atoms with E-state index in [1.165, 1.54) is 28.9 Å². The molecule has 8 heteroatoms. The van der Waals surface area contributed by atoms with Crippen molar-refractivity contribution < 1.29 is 14.7 Å². The average molecular weight is 356 g/mol. The van der Waals surface area contributed by atoms with Gasteiger partial charge in [0, 0.05) is 45.0 Å². The fourth-order valence-corrected chi connectivity index (χ4v) is 3.98. The molecule has 8 nitrogen and oxygen atoms in total. The summed E-state index contributed by atoms with van der Waals surface area (Å²) >= 11 is 0. The Morgan fingerprint density at radius 2 is 2.04 bits per heavy atom. The number of amides is 2. The van der Waals surface area contributed by atoms with E-state index >= 15 is 0 Å². The average Bonchev–Trinajstić information content (AvgIpc) is 2.94. The largest absolute Gasteiger partial charge is 0.504 e. The molecule has 3 aliphatic heterocycles. The van der Waals surface area contributed by atoms with E-state index in [4.69, 9.17) is 0 Å². The maximum absolute atomic E-state index is 13.1. The van der Waals surface area contributed by atoms with Crippen molar-refractivity contribution in [2.75, 3.05) is 19.6 Å². The molecule has 2 aromatic heterocycles. The lowest BCUT2D eigenvalue weighted by Crippen LogP contribution is -2.49. The molecule has 0 aliphatic carbocycles. The van der Waals surface area contributed by atoms with Crippen molar-refractivity contribution in [3.05, 3.63) is 40.4 Å². The van der Waals surface area contributed by atoms with E-state index in [9.17, 15) is 19.5 Å². The van der Waals surface area contributed by atoms with Crippen LogP contribution in [0, 0.1) is 5.92 Å². The highest BCUT2D eigenvalue weighted by Gasteiger charge is 2.38. The Bertz CT molecular complexity index is 954. The Hall–Kier alpha value is -2.90. The first kappa shape index (κ1) is 16.6. The van der Waals surface area contributed by atoms with E-state index < -0.39 is 5.56 Å². The Morgan fingerprint density at radius 1 is 1.23 bits per heavy atom. The van der Waals surface area contributed by atoms with Crippen molar-refractivity contribution in [1.82, 2.24) is 19.2 Å². The van der Waals surface area contributed by atoms with Crippen molar-refractivity contribution in [1.29, 1.82) is 0 Å². The summed E-state index contributed by atoms with van der Waals surface area (Å²) in [6.45, 7) is 3.23. The van der Waals surface area contributed by atoms with Crippen molar-refractivity contribution in [3.8, 4) is 5.75 Å². The zero-order valence-electron chi connectivity index (χ0n) is 14.5. The number of carbonyl (C=O) groups is 2. The summed E-state index contributed by atoms with van der Waals surface area (Å²) in [5.41, 5.74) is -0.399. The standard InChI is InChI=1S/C18H20N4O4/c1-11(23)20-8-12-4-5-13(10-20)22(9-12)18(26)14-7-19-16-15(24)3-2-6-21(16)17(14)25/h2-3,6-7,12-13,24H,4-5,8-10H2,1H3/t12-,13+/m0/s1. The number of nitrogens with zero attached hydrogens (tertiary/aromatic N) is 4. The number of hydrogen-bond acceptors (Lipinski definition) is 5. The SMILES string of the molecule is CC(=O)N1C[C@@H]2CC[C@H](C1)N(C(=O)c1cnc3c(O)cccn3c1=O)C2. The lowest BCUT2D eigenvalue weighted by Gasteiger charge is -2.35. The molecule has 2 aromatic rings. The van der Waals surface area contributed by atoms with Gasteiger partial charge in [-0.3, -0.25) is 18.8 Å². The third-order valence-corrected chi connectivity index (χ3v) is 5.36. The molecule has 0 saturated carbocycles. The second-order valence-electron chi connectivity index (χ2n) is 7.04. The Labute approximate surface area is 149 Å². The summed E-state index contributed by atoms with van der Waals surface area (Å²) in [5.74, 6) is -0.240. The van der Waals surface area contributed by atoms with Crippen LogP contribution in [0.5, 0.6) is 5.75 Å². The first-order chi connectivity index (χ1) is 12.5. The fraction of sp³-hybridized carbons (Fsp3) is 0.444. The summed E-state index contributed by atoms with van der Waals surface area (Å²) in [4.78, 5) is 45.2. The third-order valence-electron chi connectivity index (χ3n) is 5.36.